The minimum Gasteiger partial charge on any atom is -0.342 e. The number of benzene rings is 1. The predicted octanol–water partition coefficient (Wildman–Crippen LogP) is 2.05. The second kappa shape index (κ2) is 8.13. The van der Waals surface area contributed by atoms with Gasteiger partial charge in [0.2, 0.25) is 5.91 Å². The number of hydrogen-bond donors (Lipinski definition) is 2. The van der Waals surface area contributed by atoms with Crippen molar-refractivity contribution in [3.05, 3.63) is 64.9 Å². The molecule has 0 spiro atoms. The maximum Gasteiger partial charge on any atom is 0.234 e. The van der Waals surface area contributed by atoms with Crippen molar-refractivity contribution in [2.24, 2.45) is 0 Å². The van der Waals surface area contributed by atoms with Gasteiger partial charge >= 0.3 is 0 Å². The number of halogens is 1. The van der Waals surface area contributed by atoms with Gasteiger partial charge in [-0.25, -0.2) is 0 Å². The molecule has 0 saturated carbocycles. The third-order valence-corrected chi connectivity index (χ3v) is 3.23. The largest absolute Gasteiger partial charge is 0.342 e. The highest BCUT2D eigenvalue weighted by molar-refractivity contribution is 6.30. The number of nitrogens with zero attached hydrogens (tertiary/aromatic N) is 2. The van der Waals surface area contributed by atoms with Crippen LogP contribution in [0, 0.1) is 11.3 Å². The zero-order valence-electron chi connectivity index (χ0n) is 11.8. The van der Waals surface area contributed by atoms with Gasteiger partial charge in [0.25, 0.3) is 0 Å². The Balaban J connectivity index is 2.16. The number of nitriles is 1. The van der Waals surface area contributed by atoms with Gasteiger partial charge in [0.15, 0.2) is 0 Å². The smallest absolute Gasteiger partial charge is 0.234 e. The van der Waals surface area contributed by atoms with Crippen molar-refractivity contribution in [1.82, 2.24) is 15.6 Å². The first-order chi connectivity index (χ1) is 10.7. The Bertz CT molecular complexity index is 669. The Morgan fingerprint density at radius 3 is 2.86 bits per heavy atom. The Morgan fingerprint density at radius 2 is 2.18 bits per heavy atom. The van der Waals surface area contributed by atoms with Gasteiger partial charge < -0.3 is 5.32 Å². The van der Waals surface area contributed by atoms with E-state index in [0.717, 1.165) is 11.3 Å². The molecule has 0 radical (unpaired) electrons. The standard InChI is InChI=1S/C16H15ClN4O/c17-13-5-3-4-12(10-13)16(14-6-1-2-8-19-14)21-11-15(22)20-9-7-18/h1-6,8,10,16,21H,9,11H2,(H,20,22)/t16-/m0/s1. The van der Waals surface area contributed by atoms with Crippen LogP contribution in [0.15, 0.2) is 48.7 Å². The first kappa shape index (κ1) is 16.0. The summed E-state index contributed by atoms with van der Waals surface area (Å²) in [4.78, 5) is 16.0. The van der Waals surface area contributed by atoms with Gasteiger partial charge in [0, 0.05) is 11.2 Å². The van der Waals surface area contributed by atoms with Crippen LogP contribution in [0.2, 0.25) is 5.02 Å². The van der Waals surface area contributed by atoms with Crippen LogP contribution in [0.3, 0.4) is 0 Å². The molecule has 0 aliphatic carbocycles. The first-order valence-corrected chi connectivity index (χ1v) is 7.12. The predicted molar refractivity (Wildman–Crippen MR) is 84.2 cm³/mol. The summed E-state index contributed by atoms with van der Waals surface area (Å²) < 4.78 is 0. The van der Waals surface area contributed by atoms with E-state index in [4.69, 9.17) is 16.9 Å². The number of rotatable bonds is 6. The molecule has 22 heavy (non-hydrogen) atoms. The second-order valence-corrected chi connectivity index (χ2v) is 4.99. The number of hydrogen-bond acceptors (Lipinski definition) is 4. The SMILES string of the molecule is N#CCNC(=O)CN[C@@H](c1cccc(Cl)c1)c1ccccn1. The molecule has 2 aromatic rings. The molecule has 6 heteroatoms. The highest BCUT2D eigenvalue weighted by Gasteiger charge is 2.16. The molecule has 0 fully saturated rings. The summed E-state index contributed by atoms with van der Waals surface area (Å²) in [5, 5.41) is 14.7. The summed E-state index contributed by atoms with van der Waals surface area (Å²) in [6, 6.07) is 14.6. The van der Waals surface area contributed by atoms with E-state index < -0.39 is 0 Å². The van der Waals surface area contributed by atoms with Gasteiger partial charge in [-0.15, -0.1) is 0 Å². The molecule has 0 aliphatic rings. The zero-order chi connectivity index (χ0) is 15.8. The van der Waals surface area contributed by atoms with Crippen molar-refractivity contribution in [3.8, 4) is 6.07 Å². The van der Waals surface area contributed by atoms with Gasteiger partial charge in [-0.2, -0.15) is 5.26 Å². The van der Waals surface area contributed by atoms with Gasteiger partial charge in [0.1, 0.15) is 6.54 Å². The molecule has 1 atom stereocenters. The average molecular weight is 315 g/mol. The monoisotopic (exact) mass is 314 g/mol. The molecule has 0 unspecified atom stereocenters. The zero-order valence-corrected chi connectivity index (χ0v) is 12.5. The van der Waals surface area contributed by atoms with Crippen LogP contribution in [0.1, 0.15) is 17.3 Å². The molecular formula is C16H15ClN4O. The van der Waals surface area contributed by atoms with Crippen LogP contribution >= 0.6 is 11.6 Å². The van der Waals surface area contributed by atoms with Gasteiger partial charge in [-0.05, 0) is 29.8 Å². The molecule has 1 heterocycles. The third kappa shape index (κ3) is 4.55. The maximum atomic E-state index is 11.7. The number of carbonyl (C=O) groups is 1. The van der Waals surface area contributed by atoms with E-state index in [1.54, 1.807) is 12.3 Å². The Labute approximate surface area is 133 Å². The summed E-state index contributed by atoms with van der Waals surface area (Å²) in [5.41, 5.74) is 1.71. The quantitative estimate of drug-likeness (QED) is 0.800. The fourth-order valence-corrected chi connectivity index (χ4v) is 2.22. The first-order valence-electron chi connectivity index (χ1n) is 6.74. The van der Waals surface area contributed by atoms with E-state index in [1.165, 1.54) is 0 Å². The lowest BCUT2D eigenvalue weighted by molar-refractivity contribution is -0.120. The van der Waals surface area contributed by atoms with E-state index in [1.807, 2.05) is 42.5 Å². The lowest BCUT2D eigenvalue weighted by Gasteiger charge is -2.18. The van der Waals surface area contributed by atoms with Gasteiger partial charge in [-0.1, -0.05) is 29.8 Å². The third-order valence-electron chi connectivity index (χ3n) is 3.00. The molecule has 2 N–H and O–H groups in total. The minimum absolute atomic E-state index is 0.00800. The van der Waals surface area contributed by atoms with Gasteiger partial charge in [-0.3, -0.25) is 15.1 Å². The van der Waals surface area contributed by atoms with E-state index in [-0.39, 0.29) is 25.0 Å². The van der Waals surface area contributed by atoms with E-state index in [9.17, 15) is 4.79 Å². The van der Waals surface area contributed by atoms with E-state index in [2.05, 4.69) is 15.6 Å². The van der Waals surface area contributed by atoms with Crippen molar-refractivity contribution in [1.29, 1.82) is 5.26 Å². The highest BCUT2D eigenvalue weighted by atomic mass is 35.5. The van der Waals surface area contributed by atoms with Crippen LogP contribution in [-0.4, -0.2) is 24.0 Å². The summed E-state index contributed by atoms with van der Waals surface area (Å²) in [6.07, 6.45) is 1.70. The van der Waals surface area contributed by atoms with Crippen molar-refractivity contribution in [2.75, 3.05) is 13.1 Å². The molecule has 0 saturated heterocycles. The fourth-order valence-electron chi connectivity index (χ4n) is 2.02. The molecule has 112 valence electrons. The summed E-state index contributed by atoms with van der Waals surface area (Å²) >= 11 is 6.04. The lowest BCUT2D eigenvalue weighted by Crippen LogP contribution is -2.36. The Morgan fingerprint density at radius 1 is 1.32 bits per heavy atom. The van der Waals surface area contributed by atoms with Crippen LogP contribution < -0.4 is 10.6 Å². The molecule has 1 aromatic carbocycles. The van der Waals surface area contributed by atoms with Crippen molar-refractivity contribution < 1.29 is 4.79 Å². The molecule has 1 amide bonds. The van der Waals surface area contributed by atoms with E-state index >= 15 is 0 Å². The second-order valence-electron chi connectivity index (χ2n) is 4.56. The summed E-state index contributed by atoms with van der Waals surface area (Å²) in [5.74, 6) is -0.246. The highest BCUT2D eigenvalue weighted by Crippen LogP contribution is 2.22. The molecule has 1 aromatic heterocycles. The number of pyridine rings is 1. The average Bonchev–Trinajstić information content (AvgIpc) is 2.54. The van der Waals surface area contributed by atoms with Crippen molar-refractivity contribution in [2.45, 2.75) is 6.04 Å². The van der Waals surface area contributed by atoms with Crippen LogP contribution in [0.4, 0.5) is 0 Å². The maximum absolute atomic E-state index is 11.7. The molecule has 5 nitrogen and oxygen atoms in total. The van der Waals surface area contributed by atoms with Crippen LogP contribution in [-0.2, 0) is 4.79 Å². The number of amides is 1. The minimum atomic E-state index is -0.257. The molecular weight excluding hydrogens is 300 g/mol. The van der Waals surface area contributed by atoms with Gasteiger partial charge in [0.05, 0.1) is 24.3 Å². The summed E-state index contributed by atoms with van der Waals surface area (Å²) in [7, 11) is 0. The normalized spacial score (nSPS) is 11.5. The van der Waals surface area contributed by atoms with Crippen LogP contribution in [0.5, 0.6) is 0 Å². The molecule has 0 bridgehead atoms. The Kier molecular flexibility index (Phi) is 5.90. The number of carbonyl (C=O) groups excluding carboxylic acids is 1. The summed E-state index contributed by atoms with van der Waals surface area (Å²) in [6.45, 7) is 0.0708. The Hall–Kier alpha value is -2.42. The topological polar surface area (TPSA) is 77.8 Å². The molecule has 2 rings (SSSR count). The molecule has 0 aliphatic heterocycles. The fraction of sp³-hybridized carbons (Fsp3) is 0.188. The number of nitrogens with one attached hydrogen (secondary N) is 2. The van der Waals surface area contributed by atoms with E-state index in [0.29, 0.717) is 5.02 Å². The lowest BCUT2D eigenvalue weighted by atomic mass is 10.0. The van der Waals surface area contributed by atoms with Crippen LogP contribution in [0.25, 0.3) is 0 Å². The number of aromatic nitrogens is 1. The van der Waals surface area contributed by atoms with Crippen molar-refractivity contribution >= 4 is 17.5 Å². The van der Waals surface area contributed by atoms with Crippen molar-refractivity contribution in [3.63, 3.8) is 0 Å².